The molecule has 29 heavy (non-hydrogen) atoms. The van der Waals surface area contributed by atoms with Gasteiger partial charge in [0.15, 0.2) is 0 Å². The van der Waals surface area contributed by atoms with Crippen LogP contribution in [0.2, 0.25) is 19.6 Å². The number of esters is 1. The van der Waals surface area contributed by atoms with Gasteiger partial charge in [-0.2, -0.15) is 0 Å². The van der Waals surface area contributed by atoms with Crippen molar-refractivity contribution >= 4 is 14.0 Å². The molecule has 0 unspecified atom stereocenters. The number of aliphatic hydroxyl groups excluding tert-OH is 1. The second-order valence-corrected chi connectivity index (χ2v) is 13.4. The van der Waals surface area contributed by atoms with Crippen molar-refractivity contribution in [3.8, 4) is 11.5 Å². The molecule has 0 saturated carbocycles. The van der Waals surface area contributed by atoms with Crippen LogP contribution >= 0.6 is 0 Å². The van der Waals surface area contributed by atoms with Crippen molar-refractivity contribution in [1.82, 2.24) is 0 Å². The van der Waals surface area contributed by atoms with Gasteiger partial charge in [0.25, 0.3) is 0 Å². The van der Waals surface area contributed by atoms with Crippen LogP contribution in [0.4, 0.5) is 0 Å². The number of rotatable bonds is 13. The molecule has 0 saturated heterocycles. The minimum atomic E-state index is -1.26. The van der Waals surface area contributed by atoms with Gasteiger partial charge in [0.1, 0.15) is 8.07 Å². The lowest BCUT2D eigenvalue weighted by Gasteiger charge is -2.06. The van der Waals surface area contributed by atoms with Gasteiger partial charge in [-0.15, -0.1) is 11.5 Å². The lowest BCUT2D eigenvalue weighted by Crippen LogP contribution is -2.16. The van der Waals surface area contributed by atoms with E-state index in [0.717, 1.165) is 56.9 Å². The fourth-order valence-corrected chi connectivity index (χ4v) is 3.46. The van der Waals surface area contributed by atoms with Crippen LogP contribution < -0.4 is 0 Å². The maximum absolute atomic E-state index is 12.0. The van der Waals surface area contributed by atoms with Crippen LogP contribution in [0, 0.1) is 11.5 Å². The van der Waals surface area contributed by atoms with E-state index in [9.17, 15) is 4.79 Å². The summed E-state index contributed by atoms with van der Waals surface area (Å²) < 4.78 is 4.94. The van der Waals surface area contributed by atoms with Gasteiger partial charge >= 0.3 is 5.97 Å². The van der Waals surface area contributed by atoms with Crippen LogP contribution in [0.15, 0.2) is 34.9 Å². The normalized spacial score (nSPS) is 13.1. The van der Waals surface area contributed by atoms with E-state index in [1.54, 1.807) is 0 Å². The van der Waals surface area contributed by atoms with E-state index < -0.39 is 8.07 Å². The Morgan fingerprint density at radius 3 is 2.17 bits per heavy atom. The predicted octanol–water partition coefficient (Wildman–Crippen LogP) is 6.36. The van der Waals surface area contributed by atoms with Crippen molar-refractivity contribution < 1.29 is 14.6 Å². The molecule has 164 valence electrons. The Bertz CT molecular complexity index is 625. The topological polar surface area (TPSA) is 46.5 Å². The summed E-state index contributed by atoms with van der Waals surface area (Å²) in [5, 5.41) is 8.85. The van der Waals surface area contributed by atoms with Gasteiger partial charge in [0.2, 0.25) is 0 Å². The van der Waals surface area contributed by atoms with Gasteiger partial charge in [-0.25, -0.2) is 4.79 Å². The average Bonchev–Trinajstić information content (AvgIpc) is 2.65. The third kappa shape index (κ3) is 17.0. The van der Waals surface area contributed by atoms with E-state index in [0.29, 0.717) is 6.42 Å². The first-order chi connectivity index (χ1) is 13.7. The minimum absolute atomic E-state index is 0.223. The lowest BCUT2D eigenvalue weighted by molar-refractivity contribution is -0.136. The molecule has 3 nitrogen and oxygen atoms in total. The molecule has 0 bridgehead atoms. The number of unbranched alkanes of at least 4 members (excludes halogenated alkanes) is 2. The quantitative estimate of drug-likeness (QED) is 0.0945. The second kappa shape index (κ2) is 16.2. The molecule has 0 rings (SSSR count). The zero-order valence-corrected chi connectivity index (χ0v) is 20.6. The molecule has 1 N–H and O–H groups in total. The Kier molecular flexibility index (Phi) is 15.4. The second-order valence-electron chi connectivity index (χ2n) is 8.67. The van der Waals surface area contributed by atoms with Crippen molar-refractivity contribution in [2.45, 2.75) is 91.3 Å². The zero-order chi connectivity index (χ0) is 22.1. The van der Waals surface area contributed by atoms with Gasteiger partial charge in [0, 0.05) is 18.6 Å². The third-order valence-corrected chi connectivity index (χ3v) is 5.42. The number of ether oxygens (including phenoxy) is 1. The smallest absolute Gasteiger partial charge is 0.333 e. The number of carbonyl (C=O) groups is 1. The van der Waals surface area contributed by atoms with Gasteiger partial charge in [-0.3, -0.25) is 0 Å². The van der Waals surface area contributed by atoms with Crippen LogP contribution in [0.5, 0.6) is 0 Å². The first kappa shape index (κ1) is 27.4. The summed E-state index contributed by atoms with van der Waals surface area (Å²) in [7, 11) is 0.186. The largest absolute Gasteiger partial charge is 0.466 e. The van der Waals surface area contributed by atoms with Crippen molar-refractivity contribution in [2.75, 3.05) is 13.7 Å². The van der Waals surface area contributed by atoms with E-state index in [2.05, 4.69) is 57.1 Å². The summed E-state index contributed by atoms with van der Waals surface area (Å²) in [5.74, 6) is 3.08. The number of hydrogen-bond donors (Lipinski definition) is 1. The molecular weight excluding hydrogens is 376 g/mol. The van der Waals surface area contributed by atoms with Crippen LogP contribution in [-0.2, 0) is 9.53 Å². The molecule has 0 aromatic heterocycles. The van der Waals surface area contributed by atoms with E-state index in [4.69, 9.17) is 9.84 Å². The van der Waals surface area contributed by atoms with E-state index in [1.807, 2.05) is 6.08 Å². The molecule has 0 aromatic carbocycles. The van der Waals surface area contributed by atoms with Crippen LogP contribution in [-0.4, -0.2) is 32.9 Å². The highest BCUT2D eigenvalue weighted by molar-refractivity contribution is 6.83. The molecule has 0 radical (unpaired) electrons. The van der Waals surface area contributed by atoms with Gasteiger partial charge in [-0.1, -0.05) is 49.0 Å². The Labute approximate surface area is 180 Å². The van der Waals surface area contributed by atoms with Crippen molar-refractivity contribution in [3.63, 3.8) is 0 Å². The highest BCUT2D eigenvalue weighted by atomic mass is 28.3. The fraction of sp³-hybridized carbons (Fsp3) is 0.640. The van der Waals surface area contributed by atoms with Crippen molar-refractivity contribution in [1.29, 1.82) is 0 Å². The highest BCUT2D eigenvalue weighted by Gasteiger charge is 2.08. The highest BCUT2D eigenvalue weighted by Crippen LogP contribution is 2.15. The molecule has 0 amide bonds. The fourth-order valence-electron chi connectivity index (χ4n) is 2.80. The summed E-state index contributed by atoms with van der Waals surface area (Å²) in [6.07, 6.45) is 14.6. The SMILES string of the molecule is COC(=O)/C(=C/CC/C(C)=C/CCC#C[Si](C)(C)C)CC/C=C(\C)CCCCO. The Morgan fingerprint density at radius 1 is 0.931 bits per heavy atom. The summed E-state index contributed by atoms with van der Waals surface area (Å²) in [5.41, 5.74) is 6.83. The van der Waals surface area contributed by atoms with Gasteiger partial charge < -0.3 is 9.84 Å². The number of aliphatic hydroxyl groups is 1. The van der Waals surface area contributed by atoms with Gasteiger partial charge in [-0.05, 0) is 65.2 Å². The molecule has 0 atom stereocenters. The van der Waals surface area contributed by atoms with Crippen molar-refractivity contribution in [3.05, 3.63) is 34.9 Å². The predicted molar refractivity (Wildman–Crippen MR) is 127 cm³/mol. The molecule has 0 aliphatic heterocycles. The number of carbonyl (C=O) groups excluding carboxylic acids is 1. The molecule has 4 heteroatoms. The molecule has 0 fully saturated rings. The lowest BCUT2D eigenvalue weighted by atomic mass is 10.0. The number of hydrogen-bond acceptors (Lipinski definition) is 3. The monoisotopic (exact) mass is 418 g/mol. The molecule has 0 aromatic rings. The van der Waals surface area contributed by atoms with Crippen molar-refractivity contribution in [2.24, 2.45) is 0 Å². The van der Waals surface area contributed by atoms with E-state index >= 15 is 0 Å². The first-order valence-electron chi connectivity index (χ1n) is 10.9. The number of allylic oxidation sites excluding steroid dienone is 5. The average molecular weight is 419 g/mol. The molecule has 0 aliphatic rings. The summed E-state index contributed by atoms with van der Waals surface area (Å²) in [6.45, 7) is 11.3. The van der Waals surface area contributed by atoms with Crippen LogP contribution in [0.3, 0.4) is 0 Å². The van der Waals surface area contributed by atoms with Crippen LogP contribution in [0.25, 0.3) is 0 Å². The molecular formula is C25H42O3Si. The summed E-state index contributed by atoms with van der Waals surface area (Å²) in [4.78, 5) is 12.0. The summed E-state index contributed by atoms with van der Waals surface area (Å²) in [6, 6.07) is 0. The summed E-state index contributed by atoms with van der Waals surface area (Å²) >= 11 is 0. The first-order valence-corrected chi connectivity index (χ1v) is 14.4. The zero-order valence-electron chi connectivity index (χ0n) is 19.6. The van der Waals surface area contributed by atoms with E-state index in [1.165, 1.54) is 18.3 Å². The molecule has 0 heterocycles. The molecule has 0 spiro atoms. The maximum Gasteiger partial charge on any atom is 0.333 e. The van der Waals surface area contributed by atoms with E-state index in [-0.39, 0.29) is 12.6 Å². The van der Waals surface area contributed by atoms with Crippen LogP contribution in [0.1, 0.15) is 71.6 Å². The maximum atomic E-state index is 12.0. The third-order valence-electron chi connectivity index (χ3n) is 4.49. The molecule has 0 aliphatic carbocycles. The number of methoxy groups -OCH3 is 1. The Hall–Kier alpha value is -1.57. The minimum Gasteiger partial charge on any atom is -0.466 e. The Morgan fingerprint density at radius 2 is 1.55 bits per heavy atom. The Balaban J connectivity index is 4.49. The standard InChI is InChI=1S/C25H42O3Si/c1-22(14-8-7-11-21-29(4,5)6)16-12-18-24(25(27)28-3)19-13-17-23(2)15-9-10-20-26/h14,17-18,26H,7-10,12-13,15-16,19-20H2,1-6H3/b22-14+,23-17+,24-18+. The van der Waals surface area contributed by atoms with Gasteiger partial charge in [0.05, 0.1) is 7.11 Å².